The number of fused-ring (bicyclic) bond motifs is 3. The second kappa shape index (κ2) is 6.57. The Labute approximate surface area is 170 Å². The number of benzene rings is 1. The lowest BCUT2D eigenvalue weighted by molar-refractivity contribution is -0.130. The Hall–Kier alpha value is -3.44. The molecule has 0 amide bonds. The lowest BCUT2D eigenvalue weighted by atomic mass is 9.66. The average molecular weight is 382 g/mol. The van der Waals surface area contributed by atoms with Crippen molar-refractivity contribution in [3.8, 4) is 12.1 Å². The van der Waals surface area contributed by atoms with Crippen molar-refractivity contribution in [2.75, 3.05) is 0 Å². The summed E-state index contributed by atoms with van der Waals surface area (Å²) in [6.07, 6.45) is 7.16. The van der Waals surface area contributed by atoms with Gasteiger partial charge in [-0.05, 0) is 28.8 Å². The van der Waals surface area contributed by atoms with Crippen LogP contribution in [0.4, 0.5) is 0 Å². The Morgan fingerprint density at radius 1 is 1.14 bits per heavy atom. The highest BCUT2D eigenvalue weighted by Crippen LogP contribution is 2.60. The van der Waals surface area contributed by atoms with Gasteiger partial charge in [0.15, 0.2) is 11.2 Å². The highest BCUT2D eigenvalue weighted by atomic mass is 16.1. The first kappa shape index (κ1) is 18.9. The van der Waals surface area contributed by atoms with Crippen molar-refractivity contribution in [3.05, 3.63) is 71.7 Å². The number of nitriles is 2. The first-order chi connectivity index (χ1) is 13.8. The van der Waals surface area contributed by atoms with Gasteiger partial charge in [-0.25, -0.2) is 0 Å². The molecule has 144 valence electrons. The first-order valence-corrected chi connectivity index (χ1v) is 9.66. The number of Topliss-reactive ketones (excluding diaryl/α,β-unsaturated/α-hetero) is 1. The minimum Gasteiger partial charge on any atom is -0.357 e. The Balaban J connectivity index is 2.02. The molecule has 0 radical (unpaired) electrons. The number of aromatic nitrogens is 1. The maximum absolute atomic E-state index is 13.6. The average Bonchev–Trinajstić information content (AvgIpc) is 3.04. The van der Waals surface area contributed by atoms with E-state index in [0.29, 0.717) is 0 Å². The Bertz CT molecular complexity index is 1050. The topological polar surface area (TPSA) is 80.8 Å². The number of carbonyl (C=O) groups excluding carboxylic acids is 1. The van der Waals surface area contributed by atoms with Gasteiger partial charge in [-0.3, -0.25) is 9.78 Å². The van der Waals surface area contributed by atoms with Gasteiger partial charge in [-0.15, -0.1) is 0 Å². The highest BCUT2D eigenvalue weighted by molar-refractivity contribution is 5.91. The van der Waals surface area contributed by atoms with E-state index >= 15 is 0 Å². The molecule has 0 saturated carbocycles. The molecular formula is C24H22N4O. The van der Waals surface area contributed by atoms with Crippen LogP contribution < -0.4 is 0 Å². The van der Waals surface area contributed by atoms with Crippen molar-refractivity contribution in [2.24, 2.45) is 10.8 Å². The van der Waals surface area contributed by atoms with E-state index in [1.807, 2.05) is 68.3 Å². The minimum atomic E-state index is -1.42. The van der Waals surface area contributed by atoms with E-state index in [2.05, 4.69) is 17.1 Å². The van der Waals surface area contributed by atoms with Crippen LogP contribution in [0.5, 0.6) is 0 Å². The predicted molar refractivity (Wildman–Crippen MR) is 109 cm³/mol. The van der Waals surface area contributed by atoms with Gasteiger partial charge in [0.1, 0.15) is 0 Å². The van der Waals surface area contributed by atoms with Crippen molar-refractivity contribution < 1.29 is 4.79 Å². The summed E-state index contributed by atoms with van der Waals surface area (Å²) < 4.78 is 0. The summed E-state index contributed by atoms with van der Waals surface area (Å²) in [5.41, 5.74) is 0.559. The van der Waals surface area contributed by atoms with Gasteiger partial charge in [0.05, 0.1) is 24.2 Å². The molecule has 0 spiro atoms. The molecule has 2 aliphatic rings. The van der Waals surface area contributed by atoms with E-state index in [0.717, 1.165) is 16.7 Å². The summed E-state index contributed by atoms with van der Waals surface area (Å²) in [4.78, 5) is 19.8. The van der Waals surface area contributed by atoms with Crippen molar-refractivity contribution in [1.82, 2.24) is 9.88 Å². The molecule has 5 nitrogen and oxygen atoms in total. The maximum Gasteiger partial charge on any atom is 0.177 e. The molecule has 1 saturated heterocycles. The molecular weight excluding hydrogens is 360 g/mol. The molecule has 2 aliphatic heterocycles. The van der Waals surface area contributed by atoms with Crippen molar-refractivity contribution in [1.29, 1.82) is 10.5 Å². The van der Waals surface area contributed by atoms with Crippen LogP contribution in [0.1, 0.15) is 49.4 Å². The van der Waals surface area contributed by atoms with Crippen LogP contribution in [0.2, 0.25) is 0 Å². The van der Waals surface area contributed by atoms with Crippen LogP contribution in [0, 0.1) is 33.5 Å². The van der Waals surface area contributed by atoms with E-state index in [1.165, 1.54) is 0 Å². The van der Waals surface area contributed by atoms with Gasteiger partial charge in [0.25, 0.3) is 0 Å². The quantitative estimate of drug-likeness (QED) is 0.777. The van der Waals surface area contributed by atoms with Crippen LogP contribution in [-0.2, 0) is 4.79 Å². The first-order valence-electron chi connectivity index (χ1n) is 9.66. The monoisotopic (exact) mass is 382 g/mol. The second-order valence-electron chi connectivity index (χ2n) is 8.71. The summed E-state index contributed by atoms with van der Waals surface area (Å²) in [6.45, 7) is 5.64. The molecule has 0 N–H and O–H groups in total. The smallest absolute Gasteiger partial charge is 0.177 e. The third-order valence-electron chi connectivity index (χ3n) is 6.00. The maximum atomic E-state index is 13.6. The Kier molecular flexibility index (Phi) is 4.28. The van der Waals surface area contributed by atoms with Gasteiger partial charge in [-0.1, -0.05) is 51.1 Å². The fourth-order valence-electron chi connectivity index (χ4n) is 4.67. The number of hydrogen-bond donors (Lipinski definition) is 0. The number of rotatable bonds is 2. The number of ketones is 1. The van der Waals surface area contributed by atoms with E-state index in [1.54, 1.807) is 18.5 Å². The van der Waals surface area contributed by atoms with E-state index in [-0.39, 0.29) is 5.78 Å². The summed E-state index contributed by atoms with van der Waals surface area (Å²) in [5, 5.41) is 20.7. The zero-order valence-electron chi connectivity index (χ0n) is 16.7. The fourth-order valence-corrected chi connectivity index (χ4v) is 4.67. The molecule has 29 heavy (non-hydrogen) atoms. The standard InChI is InChI=1S/C24H22N4O/c1-23(2,3)22(29)20-19(17-8-6-11-27-13-17)24(14-25,15-26)21-18-9-5-4-7-16(18)10-12-28(20)21/h4-13,19-21H,1-3H3/t19-,20+,21-/m1/s1. The predicted octanol–water partition coefficient (Wildman–Crippen LogP) is 4.22. The molecule has 3 atom stereocenters. The lowest BCUT2D eigenvalue weighted by Crippen LogP contribution is -2.43. The lowest BCUT2D eigenvalue weighted by Gasteiger charge is -2.36. The van der Waals surface area contributed by atoms with Crippen LogP contribution in [0.25, 0.3) is 6.08 Å². The largest absolute Gasteiger partial charge is 0.357 e. The third kappa shape index (κ3) is 2.66. The number of carbonyl (C=O) groups is 1. The van der Waals surface area contributed by atoms with Gasteiger partial charge >= 0.3 is 0 Å². The molecule has 0 bridgehead atoms. The Morgan fingerprint density at radius 3 is 2.48 bits per heavy atom. The van der Waals surface area contributed by atoms with Crippen LogP contribution in [0.15, 0.2) is 55.0 Å². The van der Waals surface area contributed by atoms with Crippen molar-refractivity contribution in [3.63, 3.8) is 0 Å². The summed E-state index contributed by atoms with van der Waals surface area (Å²) in [7, 11) is 0. The molecule has 1 fully saturated rings. The van der Waals surface area contributed by atoms with Crippen molar-refractivity contribution >= 4 is 11.9 Å². The van der Waals surface area contributed by atoms with E-state index in [9.17, 15) is 15.3 Å². The molecule has 0 aliphatic carbocycles. The van der Waals surface area contributed by atoms with Gasteiger partial charge in [-0.2, -0.15) is 10.5 Å². The number of hydrogen-bond acceptors (Lipinski definition) is 5. The molecule has 4 rings (SSSR count). The van der Waals surface area contributed by atoms with Crippen molar-refractivity contribution in [2.45, 2.75) is 38.8 Å². The van der Waals surface area contributed by atoms with Gasteiger partial charge in [0, 0.05) is 29.9 Å². The summed E-state index contributed by atoms with van der Waals surface area (Å²) in [5.74, 6) is -0.605. The molecule has 3 heterocycles. The fraction of sp³-hybridized carbons (Fsp3) is 0.333. The van der Waals surface area contributed by atoms with E-state index < -0.39 is 28.8 Å². The minimum absolute atomic E-state index is 0.00718. The third-order valence-corrected chi connectivity index (χ3v) is 6.00. The second-order valence-corrected chi connectivity index (χ2v) is 8.71. The zero-order chi connectivity index (χ0) is 20.8. The Morgan fingerprint density at radius 2 is 1.86 bits per heavy atom. The highest BCUT2D eigenvalue weighted by Gasteiger charge is 2.64. The SMILES string of the molecule is CC(C)(C)C(=O)[C@@H]1[C@@H](c2cccnc2)C(C#N)(C#N)[C@H]2c3ccccc3C=CN12. The normalized spacial score (nSPS) is 24.2. The summed E-state index contributed by atoms with van der Waals surface area (Å²) >= 11 is 0. The summed E-state index contributed by atoms with van der Waals surface area (Å²) in [6, 6.07) is 14.9. The zero-order valence-corrected chi connectivity index (χ0v) is 16.7. The molecule has 0 unspecified atom stereocenters. The van der Waals surface area contributed by atoms with E-state index in [4.69, 9.17) is 0 Å². The van der Waals surface area contributed by atoms with Crippen LogP contribution in [-0.4, -0.2) is 21.7 Å². The van der Waals surface area contributed by atoms with Gasteiger partial charge in [0.2, 0.25) is 0 Å². The van der Waals surface area contributed by atoms with Gasteiger partial charge < -0.3 is 4.90 Å². The molecule has 1 aromatic carbocycles. The number of pyridine rings is 1. The molecule has 1 aromatic heterocycles. The molecule has 5 heteroatoms. The number of nitrogens with zero attached hydrogens (tertiary/aromatic N) is 4. The molecule has 2 aromatic rings. The van der Waals surface area contributed by atoms with Crippen LogP contribution >= 0.6 is 0 Å². The van der Waals surface area contributed by atoms with Crippen LogP contribution in [0.3, 0.4) is 0 Å².